The Kier molecular flexibility index (Phi) is 5.30. The first kappa shape index (κ1) is 13.8. The van der Waals surface area contributed by atoms with Crippen LogP contribution in [0.5, 0.6) is 0 Å². The number of benzene rings is 1. The molecule has 1 aliphatic rings. The molecule has 1 aromatic carbocycles. The molecule has 1 nitrogen and oxygen atoms in total. The van der Waals surface area contributed by atoms with Gasteiger partial charge in [-0.15, -0.1) is 0 Å². The zero-order valence-electron chi connectivity index (χ0n) is 10.2. The van der Waals surface area contributed by atoms with Gasteiger partial charge in [0.15, 0.2) is 0 Å². The average molecular weight is 408 g/mol. The van der Waals surface area contributed by atoms with E-state index in [4.69, 9.17) is 0 Å². The zero-order chi connectivity index (χ0) is 12.3. The van der Waals surface area contributed by atoms with Crippen molar-refractivity contribution < 1.29 is 0 Å². The van der Waals surface area contributed by atoms with Gasteiger partial charge in [0.25, 0.3) is 0 Å². The summed E-state index contributed by atoms with van der Waals surface area (Å²) >= 11 is 6.02. The molecule has 0 spiro atoms. The van der Waals surface area contributed by atoms with E-state index in [1.54, 1.807) is 0 Å². The summed E-state index contributed by atoms with van der Waals surface area (Å²) < 4.78 is 2.54. The average Bonchev–Trinajstić information content (AvgIpc) is 2.82. The highest BCUT2D eigenvalue weighted by atomic mass is 127. The minimum atomic E-state index is 0.502. The van der Waals surface area contributed by atoms with Crippen LogP contribution in [-0.2, 0) is 0 Å². The van der Waals surface area contributed by atoms with Crippen LogP contribution in [-0.4, -0.2) is 7.05 Å². The van der Waals surface area contributed by atoms with Crippen molar-refractivity contribution >= 4 is 38.5 Å². The molecule has 17 heavy (non-hydrogen) atoms. The van der Waals surface area contributed by atoms with Gasteiger partial charge >= 0.3 is 0 Å². The molecule has 3 heteroatoms. The van der Waals surface area contributed by atoms with Gasteiger partial charge in [0, 0.05) is 14.1 Å². The van der Waals surface area contributed by atoms with E-state index in [-0.39, 0.29) is 0 Å². The maximum atomic E-state index is 3.58. The molecule has 94 valence electrons. The van der Waals surface area contributed by atoms with Gasteiger partial charge in [0.1, 0.15) is 0 Å². The fourth-order valence-corrected chi connectivity index (χ4v) is 3.85. The normalized spacial score (nSPS) is 18.5. The predicted octanol–water partition coefficient (Wildman–Crippen LogP) is 4.89. The van der Waals surface area contributed by atoms with Crippen LogP contribution in [0, 0.1) is 9.49 Å². The summed E-state index contributed by atoms with van der Waals surface area (Å²) in [6.07, 6.45) is 6.97. The van der Waals surface area contributed by atoms with E-state index < -0.39 is 0 Å². The Morgan fingerprint density at radius 1 is 1.41 bits per heavy atom. The summed E-state index contributed by atoms with van der Waals surface area (Å²) in [6.45, 7) is 0. The maximum Gasteiger partial charge on any atom is 0.0331 e. The summed E-state index contributed by atoms with van der Waals surface area (Å²) in [6, 6.07) is 7.08. The summed E-state index contributed by atoms with van der Waals surface area (Å²) in [5.41, 5.74) is 1.44. The molecular formula is C14H19BrIN. The van der Waals surface area contributed by atoms with Crippen LogP contribution in [0.2, 0.25) is 0 Å². The summed E-state index contributed by atoms with van der Waals surface area (Å²) in [5, 5.41) is 3.49. The van der Waals surface area contributed by atoms with Crippen molar-refractivity contribution in [1.82, 2.24) is 5.32 Å². The fraction of sp³-hybridized carbons (Fsp3) is 0.571. The van der Waals surface area contributed by atoms with Gasteiger partial charge in [0.05, 0.1) is 0 Å². The van der Waals surface area contributed by atoms with Gasteiger partial charge in [-0.1, -0.05) is 41.6 Å². The third-order valence-electron chi connectivity index (χ3n) is 3.73. The number of rotatable bonds is 4. The molecule has 2 rings (SSSR count). The van der Waals surface area contributed by atoms with Crippen LogP contribution in [0.15, 0.2) is 22.7 Å². The molecule has 0 saturated heterocycles. The minimum Gasteiger partial charge on any atom is -0.313 e. The Labute approximate surface area is 126 Å². The lowest BCUT2D eigenvalue weighted by Crippen LogP contribution is -2.20. The van der Waals surface area contributed by atoms with Crippen LogP contribution < -0.4 is 5.32 Å². The molecule has 1 N–H and O–H groups in total. The molecule has 1 aliphatic carbocycles. The lowest BCUT2D eigenvalue weighted by atomic mass is 9.94. The predicted molar refractivity (Wildman–Crippen MR) is 85.2 cm³/mol. The van der Waals surface area contributed by atoms with Gasteiger partial charge in [-0.05, 0) is 65.7 Å². The molecule has 1 atom stereocenters. The molecule has 0 heterocycles. The first-order valence-corrected chi connectivity index (χ1v) is 8.20. The number of halogens is 2. The Balaban J connectivity index is 2.13. The van der Waals surface area contributed by atoms with E-state index in [0.29, 0.717) is 6.04 Å². The Bertz CT molecular complexity index is 374. The lowest BCUT2D eigenvalue weighted by molar-refractivity contribution is 0.412. The van der Waals surface area contributed by atoms with Gasteiger partial charge in [-0.25, -0.2) is 0 Å². The number of nitrogens with one attached hydrogen (secondary N) is 1. The quantitative estimate of drug-likeness (QED) is 0.700. The molecule has 1 saturated carbocycles. The van der Waals surface area contributed by atoms with Crippen LogP contribution in [0.25, 0.3) is 0 Å². The minimum absolute atomic E-state index is 0.502. The lowest BCUT2D eigenvalue weighted by Gasteiger charge is -2.22. The first-order valence-electron chi connectivity index (χ1n) is 6.33. The number of hydrogen-bond acceptors (Lipinski definition) is 1. The topological polar surface area (TPSA) is 12.0 Å². The summed E-state index contributed by atoms with van der Waals surface area (Å²) in [5.74, 6) is 0.919. The highest BCUT2D eigenvalue weighted by Gasteiger charge is 2.21. The second-order valence-electron chi connectivity index (χ2n) is 4.89. The Morgan fingerprint density at radius 3 is 2.76 bits per heavy atom. The molecule has 0 amide bonds. The maximum absolute atomic E-state index is 3.58. The van der Waals surface area contributed by atoms with Crippen molar-refractivity contribution in [2.24, 2.45) is 5.92 Å². The first-order chi connectivity index (χ1) is 8.20. The highest BCUT2D eigenvalue weighted by molar-refractivity contribution is 14.1. The van der Waals surface area contributed by atoms with E-state index in [0.717, 1.165) is 5.92 Å². The van der Waals surface area contributed by atoms with Crippen molar-refractivity contribution in [3.05, 3.63) is 31.8 Å². The van der Waals surface area contributed by atoms with E-state index in [2.05, 4.69) is 69.1 Å². The van der Waals surface area contributed by atoms with Crippen molar-refractivity contribution in [1.29, 1.82) is 0 Å². The van der Waals surface area contributed by atoms with Crippen LogP contribution in [0.1, 0.15) is 43.7 Å². The fourth-order valence-electron chi connectivity index (χ4n) is 2.76. The molecule has 1 aromatic rings. The smallest absolute Gasteiger partial charge is 0.0331 e. The van der Waals surface area contributed by atoms with Crippen LogP contribution in [0.4, 0.5) is 0 Å². The summed E-state index contributed by atoms with van der Waals surface area (Å²) in [7, 11) is 2.08. The second-order valence-corrected chi connectivity index (χ2v) is 6.97. The van der Waals surface area contributed by atoms with E-state index in [1.807, 2.05) is 0 Å². The monoisotopic (exact) mass is 407 g/mol. The molecule has 1 fully saturated rings. The Hall–Kier alpha value is 0.390. The van der Waals surface area contributed by atoms with Gasteiger partial charge in [-0.2, -0.15) is 0 Å². The standard InChI is InChI=1S/C14H19BrIN/c1-17-14(8-10-4-2-3-5-10)12-9-11(15)6-7-13(12)16/h6-7,9-10,14,17H,2-5,8H2,1H3. The zero-order valence-corrected chi connectivity index (χ0v) is 13.9. The SMILES string of the molecule is CNC(CC1CCCC1)c1cc(Br)ccc1I. The van der Waals surface area contributed by atoms with Gasteiger partial charge in [-0.3, -0.25) is 0 Å². The molecule has 0 aliphatic heterocycles. The van der Waals surface area contributed by atoms with Crippen molar-refractivity contribution in [2.75, 3.05) is 7.05 Å². The van der Waals surface area contributed by atoms with Crippen molar-refractivity contribution in [2.45, 2.75) is 38.1 Å². The third kappa shape index (κ3) is 3.67. The van der Waals surface area contributed by atoms with Crippen molar-refractivity contribution in [3.8, 4) is 0 Å². The highest BCUT2D eigenvalue weighted by Crippen LogP contribution is 2.34. The molecule has 0 radical (unpaired) electrons. The molecular weight excluding hydrogens is 389 g/mol. The van der Waals surface area contributed by atoms with E-state index >= 15 is 0 Å². The van der Waals surface area contributed by atoms with E-state index in [1.165, 1.54) is 45.7 Å². The largest absolute Gasteiger partial charge is 0.313 e. The van der Waals surface area contributed by atoms with Crippen LogP contribution in [0.3, 0.4) is 0 Å². The number of hydrogen-bond donors (Lipinski definition) is 1. The Morgan fingerprint density at radius 2 is 2.12 bits per heavy atom. The second kappa shape index (κ2) is 6.53. The molecule has 0 aromatic heterocycles. The third-order valence-corrected chi connectivity index (χ3v) is 5.20. The van der Waals surface area contributed by atoms with Gasteiger partial charge in [0.2, 0.25) is 0 Å². The van der Waals surface area contributed by atoms with Crippen LogP contribution >= 0.6 is 38.5 Å². The van der Waals surface area contributed by atoms with E-state index in [9.17, 15) is 0 Å². The van der Waals surface area contributed by atoms with Crippen molar-refractivity contribution in [3.63, 3.8) is 0 Å². The molecule has 0 bridgehead atoms. The molecule has 1 unspecified atom stereocenters. The van der Waals surface area contributed by atoms with Gasteiger partial charge < -0.3 is 5.32 Å². The summed E-state index contributed by atoms with van der Waals surface area (Å²) in [4.78, 5) is 0.